The quantitative estimate of drug-likeness (QED) is 0.836. The van der Waals surface area contributed by atoms with Crippen molar-refractivity contribution >= 4 is 33.0 Å². The van der Waals surface area contributed by atoms with Gasteiger partial charge in [-0.1, -0.05) is 12.1 Å². The molecule has 0 saturated heterocycles. The smallest absolute Gasteiger partial charge is 0.255 e. The molecule has 0 aliphatic carbocycles. The maximum atomic E-state index is 12.9. The van der Waals surface area contributed by atoms with Crippen LogP contribution in [-0.4, -0.2) is 32.5 Å². The second-order valence-corrected chi connectivity index (χ2v) is 7.29. The summed E-state index contributed by atoms with van der Waals surface area (Å²) in [7, 11) is -2.76. The Bertz CT molecular complexity index is 925. The van der Waals surface area contributed by atoms with Gasteiger partial charge in [0.15, 0.2) is 0 Å². The van der Waals surface area contributed by atoms with Crippen molar-refractivity contribution in [3.8, 4) is 0 Å². The van der Waals surface area contributed by atoms with E-state index >= 15 is 0 Å². The van der Waals surface area contributed by atoms with Crippen LogP contribution in [0.2, 0.25) is 0 Å². The average Bonchev–Trinajstić information content (AvgIpc) is 2.55. The van der Waals surface area contributed by atoms with Gasteiger partial charge in [-0.15, -0.1) is 0 Å². The van der Waals surface area contributed by atoms with Crippen molar-refractivity contribution in [2.45, 2.75) is 10.1 Å². The van der Waals surface area contributed by atoms with Gasteiger partial charge < -0.3 is 10.2 Å². The molecule has 8 heteroatoms. The van der Waals surface area contributed by atoms with Gasteiger partial charge in [0.05, 0.1) is 10.6 Å². The molecule has 1 aliphatic heterocycles. The summed E-state index contributed by atoms with van der Waals surface area (Å²) in [4.78, 5) is 25.9. The molecule has 1 atom stereocenters. The summed E-state index contributed by atoms with van der Waals surface area (Å²) in [6, 6.07) is 10.8. The SMILES string of the molecule is CN1C(=O)C(C(=O)Nc2ccc(F)cc2)S(=O)(=O)c2ccccc21. The normalized spacial score (nSPS) is 18.8. The fourth-order valence-electron chi connectivity index (χ4n) is 2.52. The Kier molecular flexibility index (Phi) is 3.84. The molecule has 24 heavy (non-hydrogen) atoms. The molecule has 2 amide bonds. The number of carbonyl (C=O) groups excluding carboxylic acids is 2. The molecule has 2 aromatic rings. The minimum atomic E-state index is -4.17. The zero-order chi connectivity index (χ0) is 17.5. The van der Waals surface area contributed by atoms with Gasteiger partial charge >= 0.3 is 0 Å². The number of sulfone groups is 1. The molecule has 1 heterocycles. The Morgan fingerprint density at radius 1 is 1.12 bits per heavy atom. The highest BCUT2D eigenvalue weighted by Gasteiger charge is 2.47. The molecule has 1 unspecified atom stereocenters. The molecule has 124 valence electrons. The summed E-state index contributed by atoms with van der Waals surface area (Å²) in [5.74, 6) is -2.32. The summed E-state index contributed by atoms with van der Waals surface area (Å²) < 4.78 is 38.3. The second kappa shape index (κ2) is 5.72. The molecule has 0 saturated carbocycles. The van der Waals surface area contributed by atoms with E-state index in [1.807, 2.05) is 0 Å². The van der Waals surface area contributed by atoms with Crippen LogP contribution in [0.1, 0.15) is 0 Å². The number of amides is 2. The minimum Gasteiger partial charge on any atom is -0.324 e. The summed E-state index contributed by atoms with van der Waals surface area (Å²) in [6.45, 7) is 0. The zero-order valence-corrected chi connectivity index (χ0v) is 13.4. The lowest BCUT2D eigenvalue weighted by Gasteiger charge is -2.30. The standard InChI is InChI=1S/C16H13FN2O4S/c1-19-12-4-2-3-5-13(12)24(22,23)14(16(19)21)15(20)18-11-8-6-10(17)7-9-11/h2-9,14H,1H3,(H,18,20). The first-order valence-electron chi connectivity index (χ1n) is 6.99. The Labute approximate surface area is 137 Å². The second-order valence-electron chi connectivity index (χ2n) is 5.29. The number of nitrogens with zero attached hydrogens (tertiary/aromatic N) is 1. The molecule has 0 aromatic heterocycles. The molecule has 0 radical (unpaired) electrons. The largest absolute Gasteiger partial charge is 0.324 e. The molecular weight excluding hydrogens is 335 g/mol. The third-order valence-electron chi connectivity index (χ3n) is 3.75. The van der Waals surface area contributed by atoms with Gasteiger partial charge in [0, 0.05) is 12.7 Å². The fraction of sp³-hybridized carbons (Fsp3) is 0.125. The number of fused-ring (bicyclic) bond motifs is 1. The van der Waals surface area contributed by atoms with E-state index in [4.69, 9.17) is 0 Å². The van der Waals surface area contributed by atoms with Crippen molar-refractivity contribution in [3.05, 3.63) is 54.3 Å². The van der Waals surface area contributed by atoms with Crippen LogP contribution < -0.4 is 10.2 Å². The molecule has 0 spiro atoms. The number of para-hydroxylation sites is 1. The van der Waals surface area contributed by atoms with Gasteiger partial charge in [-0.3, -0.25) is 9.59 Å². The van der Waals surface area contributed by atoms with E-state index in [-0.39, 0.29) is 16.3 Å². The van der Waals surface area contributed by atoms with Gasteiger partial charge in [0.2, 0.25) is 15.1 Å². The highest BCUT2D eigenvalue weighted by molar-refractivity contribution is 7.94. The van der Waals surface area contributed by atoms with Crippen molar-refractivity contribution in [2.75, 3.05) is 17.3 Å². The summed E-state index contributed by atoms with van der Waals surface area (Å²) >= 11 is 0. The molecule has 0 bridgehead atoms. The van der Waals surface area contributed by atoms with Crippen LogP contribution in [0.3, 0.4) is 0 Å². The predicted molar refractivity (Wildman–Crippen MR) is 85.9 cm³/mol. The lowest BCUT2D eigenvalue weighted by atomic mass is 10.2. The van der Waals surface area contributed by atoms with Crippen LogP contribution in [0.5, 0.6) is 0 Å². The predicted octanol–water partition coefficient (Wildman–Crippen LogP) is 1.58. The molecule has 0 fully saturated rings. The molecule has 2 aromatic carbocycles. The van der Waals surface area contributed by atoms with Crippen LogP contribution >= 0.6 is 0 Å². The lowest BCUT2D eigenvalue weighted by molar-refractivity contribution is -0.124. The highest BCUT2D eigenvalue weighted by Crippen LogP contribution is 2.33. The zero-order valence-electron chi connectivity index (χ0n) is 12.6. The number of nitrogens with one attached hydrogen (secondary N) is 1. The number of halogens is 1. The Hall–Kier alpha value is -2.74. The Morgan fingerprint density at radius 3 is 2.42 bits per heavy atom. The summed E-state index contributed by atoms with van der Waals surface area (Å²) in [6.07, 6.45) is 0. The highest BCUT2D eigenvalue weighted by atomic mass is 32.2. The number of benzene rings is 2. The molecule has 1 aliphatic rings. The van der Waals surface area contributed by atoms with Crippen LogP contribution in [0.25, 0.3) is 0 Å². The maximum absolute atomic E-state index is 12.9. The van der Waals surface area contributed by atoms with E-state index in [1.165, 1.54) is 37.4 Å². The Balaban J connectivity index is 1.99. The van der Waals surface area contributed by atoms with E-state index in [0.29, 0.717) is 0 Å². The molecule has 1 N–H and O–H groups in total. The van der Waals surface area contributed by atoms with Gasteiger partial charge in [0.25, 0.3) is 11.8 Å². The van der Waals surface area contributed by atoms with Crippen molar-refractivity contribution in [3.63, 3.8) is 0 Å². The first-order valence-corrected chi connectivity index (χ1v) is 8.54. The van der Waals surface area contributed by atoms with E-state index in [9.17, 15) is 22.4 Å². The van der Waals surface area contributed by atoms with E-state index in [1.54, 1.807) is 6.07 Å². The third-order valence-corrected chi connectivity index (χ3v) is 5.74. The van der Waals surface area contributed by atoms with Crippen molar-refractivity contribution in [1.82, 2.24) is 0 Å². The van der Waals surface area contributed by atoms with E-state index < -0.39 is 32.7 Å². The molecule has 6 nitrogen and oxygen atoms in total. The van der Waals surface area contributed by atoms with Crippen LogP contribution in [0.15, 0.2) is 53.4 Å². The van der Waals surface area contributed by atoms with Crippen LogP contribution in [-0.2, 0) is 19.4 Å². The van der Waals surface area contributed by atoms with Gasteiger partial charge in [-0.25, -0.2) is 12.8 Å². The van der Waals surface area contributed by atoms with Crippen molar-refractivity contribution < 1.29 is 22.4 Å². The fourth-order valence-corrected chi connectivity index (χ4v) is 4.31. The minimum absolute atomic E-state index is 0.0774. The number of rotatable bonds is 2. The van der Waals surface area contributed by atoms with Crippen LogP contribution in [0, 0.1) is 5.82 Å². The van der Waals surface area contributed by atoms with Crippen molar-refractivity contribution in [1.29, 1.82) is 0 Å². The van der Waals surface area contributed by atoms with Gasteiger partial charge in [0.1, 0.15) is 5.82 Å². The topological polar surface area (TPSA) is 83.6 Å². The number of hydrogen-bond donors (Lipinski definition) is 1. The first kappa shape index (κ1) is 16.1. The number of hydrogen-bond acceptors (Lipinski definition) is 4. The van der Waals surface area contributed by atoms with Gasteiger partial charge in [-0.2, -0.15) is 0 Å². The first-order chi connectivity index (χ1) is 11.3. The average molecular weight is 348 g/mol. The summed E-state index contributed by atoms with van der Waals surface area (Å²) in [5.41, 5.74) is 0.430. The third kappa shape index (κ3) is 2.54. The van der Waals surface area contributed by atoms with E-state index in [2.05, 4.69) is 5.32 Å². The molecule has 3 rings (SSSR count). The summed E-state index contributed by atoms with van der Waals surface area (Å²) in [5, 5.41) is 0.457. The maximum Gasteiger partial charge on any atom is 0.255 e. The number of carbonyl (C=O) groups is 2. The Morgan fingerprint density at radius 2 is 1.75 bits per heavy atom. The molecular formula is C16H13FN2O4S. The van der Waals surface area contributed by atoms with E-state index in [0.717, 1.165) is 17.0 Å². The lowest BCUT2D eigenvalue weighted by Crippen LogP contribution is -2.51. The van der Waals surface area contributed by atoms with Crippen LogP contribution in [0.4, 0.5) is 15.8 Å². The van der Waals surface area contributed by atoms with Gasteiger partial charge in [-0.05, 0) is 36.4 Å². The van der Waals surface area contributed by atoms with Crippen molar-refractivity contribution in [2.24, 2.45) is 0 Å². The number of anilines is 2. The monoisotopic (exact) mass is 348 g/mol.